The molecule has 0 saturated carbocycles. The lowest BCUT2D eigenvalue weighted by molar-refractivity contribution is 0.190. The van der Waals surface area contributed by atoms with E-state index < -0.39 is 0 Å². The predicted molar refractivity (Wildman–Crippen MR) is 83.0 cm³/mol. The molecule has 112 valence electrons. The fourth-order valence-corrected chi connectivity index (χ4v) is 2.88. The van der Waals surface area contributed by atoms with E-state index in [9.17, 15) is 0 Å². The molecular weight excluding hydrogens is 264 g/mol. The van der Waals surface area contributed by atoms with Gasteiger partial charge in [-0.05, 0) is 49.4 Å². The van der Waals surface area contributed by atoms with Crippen molar-refractivity contribution in [2.45, 2.75) is 31.8 Å². The number of aryl methyl sites for hydroxylation is 1. The van der Waals surface area contributed by atoms with Crippen molar-refractivity contribution in [2.75, 3.05) is 18.9 Å². The van der Waals surface area contributed by atoms with Crippen molar-refractivity contribution in [3.8, 4) is 11.4 Å². The van der Waals surface area contributed by atoms with Crippen LogP contribution in [0.15, 0.2) is 24.3 Å². The Morgan fingerprint density at radius 2 is 2.14 bits per heavy atom. The number of anilines is 1. The molecule has 0 amide bonds. The molecule has 0 radical (unpaired) electrons. The first kappa shape index (κ1) is 14.0. The first-order valence-electron chi connectivity index (χ1n) is 7.43. The Kier molecular flexibility index (Phi) is 3.88. The molecule has 1 aliphatic rings. The summed E-state index contributed by atoms with van der Waals surface area (Å²) in [7, 11) is 4.05. The fourth-order valence-electron chi connectivity index (χ4n) is 2.88. The van der Waals surface area contributed by atoms with Crippen molar-refractivity contribution in [1.82, 2.24) is 25.1 Å². The minimum Gasteiger partial charge on any atom is -0.382 e. The van der Waals surface area contributed by atoms with E-state index in [4.69, 9.17) is 0 Å². The smallest absolute Gasteiger partial charge is 0.181 e. The Labute approximate surface area is 125 Å². The maximum absolute atomic E-state index is 4.06. The lowest BCUT2D eigenvalue weighted by atomic mass is 9.98. The van der Waals surface area contributed by atoms with Gasteiger partial charge in [0.2, 0.25) is 0 Å². The minimum absolute atomic E-state index is 0.532. The number of nitrogens with one attached hydrogen (secondary N) is 1. The Morgan fingerprint density at radius 3 is 2.86 bits per heavy atom. The number of hydrogen-bond donors (Lipinski definition) is 1. The van der Waals surface area contributed by atoms with Gasteiger partial charge in [0.1, 0.15) is 0 Å². The predicted octanol–water partition coefficient (Wildman–Crippen LogP) is 1.77. The second-order valence-electron chi connectivity index (χ2n) is 5.90. The highest BCUT2D eigenvalue weighted by molar-refractivity contribution is 5.62. The summed E-state index contributed by atoms with van der Waals surface area (Å²) < 4.78 is 1.69. The van der Waals surface area contributed by atoms with Crippen LogP contribution in [0.2, 0.25) is 0 Å². The van der Waals surface area contributed by atoms with E-state index in [1.54, 1.807) is 4.68 Å². The number of nitrogens with zero attached hydrogens (tertiary/aromatic N) is 5. The third-order valence-electron chi connectivity index (χ3n) is 4.32. The number of aromatic nitrogens is 4. The molecule has 6 nitrogen and oxygen atoms in total. The van der Waals surface area contributed by atoms with E-state index in [0.717, 1.165) is 23.6 Å². The highest BCUT2D eigenvalue weighted by Crippen LogP contribution is 2.23. The van der Waals surface area contributed by atoms with E-state index in [-0.39, 0.29) is 0 Å². The van der Waals surface area contributed by atoms with Gasteiger partial charge >= 0.3 is 0 Å². The number of likely N-dealkylation sites (tertiary alicyclic amines) is 1. The average Bonchev–Trinajstić information content (AvgIpc) is 2.89. The van der Waals surface area contributed by atoms with Crippen LogP contribution in [-0.4, -0.2) is 50.8 Å². The molecule has 1 saturated heterocycles. The summed E-state index contributed by atoms with van der Waals surface area (Å²) in [6.07, 6.45) is 2.35. The summed E-state index contributed by atoms with van der Waals surface area (Å²) >= 11 is 0. The van der Waals surface area contributed by atoms with Crippen molar-refractivity contribution in [3.63, 3.8) is 0 Å². The second-order valence-corrected chi connectivity index (χ2v) is 5.90. The van der Waals surface area contributed by atoms with Gasteiger partial charge in [-0.2, -0.15) is 0 Å². The van der Waals surface area contributed by atoms with Crippen LogP contribution in [0.25, 0.3) is 11.4 Å². The van der Waals surface area contributed by atoms with Crippen molar-refractivity contribution < 1.29 is 0 Å². The van der Waals surface area contributed by atoms with Gasteiger partial charge in [-0.1, -0.05) is 12.1 Å². The van der Waals surface area contributed by atoms with E-state index in [1.165, 1.54) is 12.8 Å². The standard InChI is InChI=1S/C15H22N6/c1-11-9-14(7-8-20(11)2)16-13-6-4-5-12(10-13)15-17-18-19-21(15)3/h4-6,10-11,14,16H,7-9H2,1-3H3. The van der Waals surface area contributed by atoms with Crippen molar-refractivity contribution >= 4 is 5.69 Å². The molecule has 1 fully saturated rings. The molecule has 6 heteroatoms. The summed E-state index contributed by atoms with van der Waals surface area (Å²) in [5.74, 6) is 0.787. The van der Waals surface area contributed by atoms with Gasteiger partial charge in [0.15, 0.2) is 5.82 Å². The monoisotopic (exact) mass is 286 g/mol. The summed E-state index contributed by atoms with van der Waals surface area (Å²) in [4.78, 5) is 2.42. The van der Waals surface area contributed by atoms with Gasteiger partial charge in [0.25, 0.3) is 0 Å². The van der Waals surface area contributed by atoms with Crippen LogP contribution in [0.1, 0.15) is 19.8 Å². The van der Waals surface area contributed by atoms with Crippen molar-refractivity contribution in [1.29, 1.82) is 0 Å². The van der Waals surface area contributed by atoms with Crippen LogP contribution in [-0.2, 0) is 7.05 Å². The van der Waals surface area contributed by atoms with Crippen LogP contribution < -0.4 is 5.32 Å². The second kappa shape index (κ2) is 5.81. The van der Waals surface area contributed by atoms with E-state index in [2.05, 4.69) is 51.8 Å². The maximum Gasteiger partial charge on any atom is 0.181 e. The Bertz CT molecular complexity index is 608. The summed E-state index contributed by atoms with van der Waals surface area (Å²) in [6.45, 7) is 3.43. The molecular formula is C15H22N6. The molecule has 2 heterocycles. The molecule has 1 aromatic heterocycles. The molecule has 0 bridgehead atoms. The Hall–Kier alpha value is -1.95. The van der Waals surface area contributed by atoms with Gasteiger partial charge in [-0.15, -0.1) is 5.10 Å². The first-order chi connectivity index (χ1) is 10.1. The SMILES string of the molecule is CC1CC(Nc2cccc(-c3nnnn3C)c2)CCN1C. The Balaban J connectivity index is 1.74. The zero-order chi connectivity index (χ0) is 14.8. The number of rotatable bonds is 3. The fraction of sp³-hybridized carbons (Fsp3) is 0.533. The molecule has 3 rings (SSSR count). The third kappa shape index (κ3) is 3.05. The molecule has 1 aliphatic heterocycles. The lowest BCUT2D eigenvalue weighted by Crippen LogP contribution is -2.42. The largest absolute Gasteiger partial charge is 0.382 e. The van der Waals surface area contributed by atoms with Gasteiger partial charge in [-0.3, -0.25) is 0 Å². The molecule has 0 spiro atoms. The van der Waals surface area contributed by atoms with Crippen LogP contribution in [0.4, 0.5) is 5.69 Å². The highest BCUT2D eigenvalue weighted by Gasteiger charge is 2.22. The maximum atomic E-state index is 4.06. The number of piperidine rings is 1. The molecule has 2 unspecified atom stereocenters. The molecule has 1 aromatic carbocycles. The normalized spacial score (nSPS) is 23.2. The topological polar surface area (TPSA) is 58.9 Å². The summed E-state index contributed by atoms with van der Waals surface area (Å²) in [5, 5.41) is 15.3. The van der Waals surface area contributed by atoms with Gasteiger partial charge in [0.05, 0.1) is 0 Å². The van der Waals surface area contributed by atoms with E-state index in [0.29, 0.717) is 12.1 Å². The van der Waals surface area contributed by atoms with Crippen LogP contribution in [0, 0.1) is 0 Å². The molecule has 2 atom stereocenters. The van der Waals surface area contributed by atoms with E-state index in [1.807, 2.05) is 19.2 Å². The van der Waals surface area contributed by atoms with E-state index >= 15 is 0 Å². The van der Waals surface area contributed by atoms with Crippen LogP contribution in [0.5, 0.6) is 0 Å². The average molecular weight is 286 g/mol. The summed E-state index contributed by atoms with van der Waals surface area (Å²) in [6, 6.07) is 9.47. The van der Waals surface area contributed by atoms with Crippen LogP contribution in [0.3, 0.4) is 0 Å². The molecule has 0 aliphatic carbocycles. The lowest BCUT2D eigenvalue weighted by Gasteiger charge is -2.35. The molecule has 1 N–H and O–H groups in total. The van der Waals surface area contributed by atoms with Gasteiger partial charge < -0.3 is 10.2 Å². The summed E-state index contributed by atoms with van der Waals surface area (Å²) in [5.41, 5.74) is 2.17. The highest BCUT2D eigenvalue weighted by atomic mass is 15.5. The zero-order valence-electron chi connectivity index (χ0n) is 12.8. The Morgan fingerprint density at radius 1 is 1.29 bits per heavy atom. The quantitative estimate of drug-likeness (QED) is 0.932. The molecule has 2 aromatic rings. The van der Waals surface area contributed by atoms with Crippen molar-refractivity contribution in [3.05, 3.63) is 24.3 Å². The minimum atomic E-state index is 0.532. The third-order valence-corrected chi connectivity index (χ3v) is 4.32. The number of benzene rings is 1. The number of hydrogen-bond acceptors (Lipinski definition) is 5. The zero-order valence-corrected chi connectivity index (χ0v) is 12.8. The van der Waals surface area contributed by atoms with Crippen LogP contribution >= 0.6 is 0 Å². The van der Waals surface area contributed by atoms with Crippen molar-refractivity contribution in [2.24, 2.45) is 7.05 Å². The first-order valence-corrected chi connectivity index (χ1v) is 7.43. The van der Waals surface area contributed by atoms with Gasteiger partial charge in [-0.25, -0.2) is 4.68 Å². The van der Waals surface area contributed by atoms with Gasteiger partial charge in [0, 0.05) is 36.9 Å². The number of tetrazole rings is 1. The molecule has 21 heavy (non-hydrogen) atoms.